The van der Waals surface area contributed by atoms with E-state index in [0.717, 1.165) is 31.6 Å². The van der Waals surface area contributed by atoms with E-state index in [2.05, 4.69) is 5.32 Å². The Balaban J connectivity index is 1.89. The number of ether oxygens (including phenoxy) is 1. The molecule has 2 amide bonds. The molecule has 0 spiro atoms. The van der Waals surface area contributed by atoms with Crippen molar-refractivity contribution in [3.8, 4) is 5.75 Å². The number of rotatable bonds is 6. The smallest absolute Gasteiger partial charge is 0.253 e. The fourth-order valence-electron chi connectivity index (χ4n) is 2.91. The number of amides is 2. The van der Waals surface area contributed by atoms with E-state index in [-0.39, 0.29) is 11.8 Å². The molecule has 23 heavy (non-hydrogen) atoms. The number of likely N-dealkylation sites (tertiary alicyclic amines) is 1. The zero-order chi connectivity index (χ0) is 16.7. The van der Waals surface area contributed by atoms with Crippen LogP contribution in [0.1, 0.15) is 43.0 Å². The van der Waals surface area contributed by atoms with Gasteiger partial charge in [0.25, 0.3) is 5.91 Å². The van der Waals surface area contributed by atoms with Crippen molar-refractivity contribution in [2.24, 2.45) is 5.92 Å². The molecule has 0 aliphatic carbocycles. The van der Waals surface area contributed by atoms with Gasteiger partial charge in [-0.15, -0.1) is 0 Å². The van der Waals surface area contributed by atoms with E-state index in [4.69, 9.17) is 4.74 Å². The first kappa shape index (κ1) is 17.3. The van der Waals surface area contributed by atoms with Gasteiger partial charge in [-0.3, -0.25) is 9.59 Å². The zero-order valence-corrected chi connectivity index (χ0v) is 14.0. The molecule has 5 nitrogen and oxygen atoms in total. The average molecular weight is 318 g/mol. The second-order valence-corrected chi connectivity index (χ2v) is 6.04. The maximum Gasteiger partial charge on any atom is 0.253 e. The number of carbonyl (C=O) groups excluding carboxylic acids is 2. The summed E-state index contributed by atoms with van der Waals surface area (Å²) in [6.45, 7) is 4.14. The van der Waals surface area contributed by atoms with Crippen molar-refractivity contribution in [2.45, 2.75) is 32.6 Å². The molecule has 1 fully saturated rings. The Morgan fingerprint density at radius 2 is 2.04 bits per heavy atom. The first-order chi connectivity index (χ1) is 11.1. The van der Waals surface area contributed by atoms with Crippen molar-refractivity contribution in [2.75, 3.05) is 26.7 Å². The summed E-state index contributed by atoms with van der Waals surface area (Å²) in [4.78, 5) is 26.1. The Morgan fingerprint density at radius 3 is 2.70 bits per heavy atom. The Labute approximate surface area is 138 Å². The molecule has 0 aromatic heterocycles. The van der Waals surface area contributed by atoms with E-state index in [1.165, 1.54) is 0 Å². The molecule has 1 aliphatic heterocycles. The molecule has 0 bridgehead atoms. The van der Waals surface area contributed by atoms with Crippen LogP contribution in [-0.2, 0) is 4.79 Å². The van der Waals surface area contributed by atoms with Gasteiger partial charge in [0, 0.05) is 31.6 Å². The lowest BCUT2D eigenvalue weighted by Crippen LogP contribution is -2.43. The van der Waals surface area contributed by atoms with E-state index >= 15 is 0 Å². The predicted molar refractivity (Wildman–Crippen MR) is 89.5 cm³/mol. The van der Waals surface area contributed by atoms with Crippen LogP contribution >= 0.6 is 0 Å². The predicted octanol–water partition coefficient (Wildman–Crippen LogP) is 2.46. The van der Waals surface area contributed by atoms with Crippen LogP contribution in [0, 0.1) is 5.92 Å². The summed E-state index contributed by atoms with van der Waals surface area (Å²) in [7, 11) is 1.61. The largest absolute Gasteiger partial charge is 0.497 e. The minimum absolute atomic E-state index is 0.0530. The van der Waals surface area contributed by atoms with Crippen molar-refractivity contribution in [3.63, 3.8) is 0 Å². The SMILES string of the molecule is CCCC(=O)NCC1CCCN(C(=O)c2ccc(OC)cc2)C1. The topological polar surface area (TPSA) is 58.6 Å². The molecule has 1 heterocycles. The van der Waals surface area contributed by atoms with Crippen LogP contribution in [0.25, 0.3) is 0 Å². The molecule has 1 N–H and O–H groups in total. The lowest BCUT2D eigenvalue weighted by Gasteiger charge is -2.33. The van der Waals surface area contributed by atoms with Gasteiger partial charge in [0.15, 0.2) is 0 Å². The maximum absolute atomic E-state index is 12.6. The minimum atomic E-state index is 0.0530. The number of nitrogens with zero attached hydrogens (tertiary/aromatic N) is 1. The Morgan fingerprint density at radius 1 is 1.30 bits per heavy atom. The highest BCUT2D eigenvalue weighted by Crippen LogP contribution is 2.19. The van der Waals surface area contributed by atoms with Crippen molar-refractivity contribution in [1.82, 2.24) is 10.2 Å². The van der Waals surface area contributed by atoms with Crippen LogP contribution in [0.3, 0.4) is 0 Å². The van der Waals surface area contributed by atoms with Gasteiger partial charge in [0.1, 0.15) is 5.75 Å². The summed E-state index contributed by atoms with van der Waals surface area (Å²) in [6, 6.07) is 7.21. The molecule has 2 rings (SSSR count). The van der Waals surface area contributed by atoms with Crippen LogP contribution in [0.5, 0.6) is 5.75 Å². The maximum atomic E-state index is 12.6. The quantitative estimate of drug-likeness (QED) is 0.876. The van der Waals surface area contributed by atoms with Crippen LogP contribution in [-0.4, -0.2) is 43.5 Å². The molecule has 0 saturated carbocycles. The summed E-state index contributed by atoms with van der Waals surface area (Å²) in [5.74, 6) is 1.24. The Hall–Kier alpha value is -2.04. The van der Waals surface area contributed by atoms with E-state index in [9.17, 15) is 9.59 Å². The van der Waals surface area contributed by atoms with Gasteiger partial charge in [-0.2, -0.15) is 0 Å². The van der Waals surface area contributed by atoms with E-state index < -0.39 is 0 Å². The molecule has 5 heteroatoms. The number of methoxy groups -OCH3 is 1. The monoisotopic (exact) mass is 318 g/mol. The molecule has 1 atom stereocenters. The number of carbonyl (C=O) groups is 2. The third-order valence-corrected chi connectivity index (χ3v) is 4.21. The van der Waals surface area contributed by atoms with Gasteiger partial charge in [-0.1, -0.05) is 6.92 Å². The van der Waals surface area contributed by atoms with E-state index in [0.29, 0.717) is 31.0 Å². The van der Waals surface area contributed by atoms with Crippen LogP contribution in [0.15, 0.2) is 24.3 Å². The molecular weight excluding hydrogens is 292 g/mol. The van der Waals surface area contributed by atoms with Gasteiger partial charge < -0.3 is 15.0 Å². The molecule has 1 saturated heterocycles. The summed E-state index contributed by atoms with van der Waals surface area (Å²) in [5, 5.41) is 2.97. The van der Waals surface area contributed by atoms with Gasteiger partial charge in [0.05, 0.1) is 7.11 Å². The highest BCUT2D eigenvalue weighted by Gasteiger charge is 2.24. The number of hydrogen-bond donors (Lipinski definition) is 1. The molecule has 1 unspecified atom stereocenters. The third-order valence-electron chi connectivity index (χ3n) is 4.21. The number of piperidine rings is 1. The number of hydrogen-bond acceptors (Lipinski definition) is 3. The number of benzene rings is 1. The molecule has 1 aromatic carbocycles. The zero-order valence-electron chi connectivity index (χ0n) is 14.0. The second-order valence-electron chi connectivity index (χ2n) is 6.04. The summed E-state index contributed by atoms with van der Waals surface area (Å²) in [6.07, 6.45) is 3.47. The highest BCUT2D eigenvalue weighted by molar-refractivity contribution is 5.94. The number of nitrogens with one attached hydrogen (secondary N) is 1. The van der Waals surface area contributed by atoms with E-state index in [1.54, 1.807) is 31.4 Å². The van der Waals surface area contributed by atoms with Crippen molar-refractivity contribution in [3.05, 3.63) is 29.8 Å². The van der Waals surface area contributed by atoms with Crippen LogP contribution in [0.4, 0.5) is 0 Å². The second kappa shape index (κ2) is 8.56. The molecule has 0 radical (unpaired) electrons. The van der Waals surface area contributed by atoms with Crippen molar-refractivity contribution >= 4 is 11.8 Å². The summed E-state index contributed by atoms with van der Waals surface area (Å²) >= 11 is 0. The minimum Gasteiger partial charge on any atom is -0.497 e. The summed E-state index contributed by atoms with van der Waals surface area (Å²) in [5.41, 5.74) is 0.682. The van der Waals surface area contributed by atoms with Crippen molar-refractivity contribution < 1.29 is 14.3 Å². The van der Waals surface area contributed by atoms with Crippen LogP contribution in [0.2, 0.25) is 0 Å². The molecule has 1 aromatic rings. The van der Waals surface area contributed by atoms with Crippen LogP contribution < -0.4 is 10.1 Å². The van der Waals surface area contributed by atoms with E-state index in [1.807, 2.05) is 11.8 Å². The van der Waals surface area contributed by atoms with Gasteiger partial charge in [-0.25, -0.2) is 0 Å². The molecule has 126 valence electrons. The fraction of sp³-hybridized carbons (Fsp3) is 0.556. The lowest BCUT2D eigenvalue weighted by molar-refractivity contribution is -0.121. The molecule has 1 aliphatic rings. The fourth-order valence-corrected chi connectivity index (χ4v) is 2.91. The first-order valence-electron chi connectivity index (χ1n) is 8.34. The normalized spacial score (nSPS) is 17.7. The standard InChI is InChI=1S/C18H26N2O3/c1-3-5-17(21)19-12-14-6-4-11-20(13-14)18(22)15-7-9-16(23-2)10-8-15/h7-10,14H,3-6,11-13H2,1-2H3,(H,19,21). The lowest BCUT2D eigenvalue weighted by atomic mass is 9.97. The van der Waals surface area contributed by atoms with Gasteiger partial charge in [-0.05, 0) is 49.4 Å². The first-order valence-corrected chi connectivity index (χ1v) is 8.34. The Bertz CT molecular complexity index is 528. The van der Waals surface area contributed by atoms with Gasteiger partial charge in [0.2, 0.25) is 5.91 Å². The summed E-state index contributed by atoms with van der Waals surface area (Å²) < 4.78 is 5.12. The van der Waals surface area contributed by atoms with Gasteiger partial charge >= 0.3 is 0 Å². The van der Waals surface area contributed by atoms with Crippen molar-refractivity contribution in [1.29, 1.82) is 0 Å². The molecular formula is C18H26N2O3. The average Bonchev–Trinajstić information content (AvgIpc) is 2.60. The third kappa shape index (κ3) is 4.98. The Kier molecular flexibility index (Phi) is 6.44. The highest BCUT2D eigenvalue weighted by atomic mass is 16.5.